The Morgan fingerprint density at radius 1 is 1.25 bits per heavy atom. The number of nitrogens with one attached hydrogen (secondary N) is 1. The third kappa shape index (κ3) is 5.31. The van der Waals surface area contributed by atoms with Crippen LogP contribution in [-0.2, 0) is 0 Å². The van der Waals surface area contributed by atoms with Gasteiger partial charge in [0, 0.05) is 17.0 Å². The molecule has 0 aliphatic heterocycles. The molecule has 0 fully saturated rings. The second-order valence-electron chi connectivity index (χ2n) is 5.28. The fourth-order valence-electron chi connectivity index (χ4n) is 2.12. The summed E-state index contributed by atoms with van der Waals surface area (Å²) < 4.78 is 42.2. The summed E-state index contributed by atoms with van der Waals surface area (Å²) in [5, 5.41) is 2.77. The molecule has 2 aromatic rings. The van der Waals surface area contributed by atoms with Crippen LogP contribution in [0.3, 0.4) is 0 Å². The lowest BCUT2D eigenvalue weighted by Gasteiger charge is -2.22. The van der Waals surface area contributed by atoms with Gasteiger partial charge in [-0.2, -0.15) is 13.2 Å². The van der Waals surface area contributed by atoms with Crippen molar-refractivity contribution >= 4 is 17.7 Å². The van der Waals surface area contributed by atoms with Gasteiger partial charge in [-0.25, -0.2) is 0 Å². The molecule has 2 rings (SSSR count). The van der Waals surface area contributed by atoms with Crippen LogP contribution in [0.5, 0.6) is 0 Å². The van der Waals surface area contributed by atoms with E-state index in [0.717, 1.165) is 5.76 Å². The van der Waals surface area contributed by atoms with E-state index in [0.29, 0.717) is 12.1 Å². The van der Waals surface area contributed by atoms with Crippen molar-refractivity contribution in [3.8, 4) is 0 Å². The minimum atomic E-state index is -4.34. The average Bonchev–Trinajstić information content (AvgIpc) is 3.00. The minimum Gasteiger partial charge on any atom is -0.468 e. The third-order valence-corrected chi connectivity index (χ3v) is 4.04. The lowest BCUT2D eigenvalue weighted by atomic mass is 10.2. The van der Waals surface area contributed by atoms with Crippen LogP contribution in [0.15, 0.2) is 52.0 Å². The van der Waals surface area contributed by atoms with E-state index in [2.05, 4.69) is 5.32 Å². The smallest absolute Gasteiger partial charge is 0.446 e. The van der Waals surface area contributed by atoms with Crippen LogP contribution in [-0.4, -0.2) is 37.0 Å². The maximum absolute atomic E-state index is 12.3. The SMILES string of the molecule is CN(C)[C@@H](CNC(=O)c1ccc(SC(F)(F)F)cc1)c1ccco1. The molecule has 0 aliphatic rings. The van der Waals surface area contributed by atoms with Crippen molar-refractivity contribution in [3.05, 3.63) is 54.0 Å². The molecule has 1 aromatic carbocycles. The fourth-order valence-corrected chi connectivity index (χ4v) is 2.66. The van der Waals surface area contributed by atoms with Gasteiger partial charge in [0.1, 0.15) is 5.76 Å². The van der Waals surface area contributed by atoms with Gasteiger partial charge in [0.15, 0.2) is 0 Å². The van der Waals surface area contributed by atoms with E-state index in [1.165, 1.54) is 24.3 Å². The highest BCUT2D eigenvalue weighted by Gasteiger charge is 2.29. The molecule has 1 amide bonds. The molecule has 1 atom stereocenters. The highest BCUT2D eigenvalue weighted by atomic mass is 32.2. The molecule has 1 aromatic heterocycles. The van der Waals surface area contributed by atoms with Gasteiger partial charge in [-0.3, -0.25) is 9.69 Å². The number of alkyl halides is 3. The number of furan rings is 1. The summed E-state index contributed by atoms with van der Waals surface area (Å²) in [6, 6.07) is 8.77. The summed E-state index contributed by atoms with van der Waals surface area (Å²) in [5.74, 6) is 0.370. The van der Waals surface area contributed by atoms with Crippen LogP contribution < -0.4 is 5.32 Å². The van der Waals surface area contributed by atoms with Crippen LogP contribution in [0, 0.1) is 0 Å². The summed E-state index contributed by atoms with van der Waals surface area (Å²) in [5.41, 5.74) is -4.04. The van der Waals surface area contributed by atoms with E-state index in [-0.39, 0.29) is 28.6 Å². The van der Waals surface area contributed by atoms with Crippen molar-refractivity contribution in [1.29, 1.82) is 0 Å². The molecular weight excluding hydrogens is 341 g/mol. The number of thioether (sulfide) groups is 1. The summed E-state index contributed by atoms with van der Waals surface area (Å²) in [6.45, 7) is 0.318. The predicted molar refractivity (Wildman–Crippen MR) is 85.8 cm³/mol. The largest absolute Gasteiger partial charge is 0.468 e. The third-order valence-electron chi connectivity index (χ3n) is 3.30. The topological polar surface area (TPSA) is 45.5 Å². The second kappa shape index (κ2) is 7.76. The zero-order valence-electron chi connectivity index (χ0n) is 13.1. The maximum atomic E-state index is 12.3. The van der Waals surface area contributed by atoms with Crippen LogP contribution >= 0.6 is 11.8 Å². The number of carbonyl (C=O) groups excluding carboxylic acids is 1. The van der Waals surface area contributed by atoms with Crippen molar-refractivity contribution in [1.82, 2.24) is 10.2 Å². The Bertz CT molecular complexity index is 655. The van der Waals surface area contributed by atoms with Crippen LogP contribution in [0.2, 0.25) is 0 Å². The summed E-state index contributed by atoms with van der Waals surface area (Å²) in [7, 11) is 3.73. The van der Waals surface area contributed by atoms with E-state index in [9.17, 15) is 18.0 Å². The highest BCUT2D eigenvalue weighted by Crippen LogP contribution is 2.36. The Balaban J connectivity index is 1.96. The Morgan fingerprint density at radius 3 is 2.42 bits per heavy atom. The number of rotatable bonds is 6. The zero-order chi connectivity index (χ0) is 17.7. The van der Waals surface area contributed by atoms with Crippen molar-refractivity contribution in [2.24, 2.45) is 0 Å². The van der Waals surface area contributed by atoms with Gasteiger partial charge in [0.25, 0.3) is 5.91 Å². The maximum Gasteiger partial charge on any atom is 0.446 e. The molecule has 0 bridgehead atoms. The number of halogens is 3. The first-order valence-electron chi connectivity index (χ1n) is 7.10. The Hall–Kier alpha value is -1.93. The van der Waals surface area contributed by atoms with Gasteiger partial charge in [-0.05, 0) is 62.3 Å². The first-order chi connectivity index (χ1) is 11.3. The van der Waals surface area contributed by atoms with Crippen LogP contribution in [0.1, 0.15) is 22.2 Å². The van der Waals surface area contributed by atoms with Crippen molar-refractivity contribution in [2.75, 3.05) is 20.6 Å². The number of nitrogens with zero attached hydrogens (tertiary/aromatic N) is 1. The van der Waals surface area contributed by atoms with Gasteiger partial charge in [-0.15, -0.1) is 0 Å². The Kier molecular flexibility index (Phi) is 5.95. The summed E-state index contributed by atoms with van der Waals surface area (Å²) in [6.07, 6.45) is 1.56. The van der Waals surface area contributed by atoms with E-state index < -0.39 is 5.51 Å². The second-order valence-corrected chi connectivity index (χ2v) is 6.42. The molecule has 4 nitrogen and oxygen atoms in total. The van der Waals surface area contributed by atoms with Gasteiger partial charge in [0.2, 0.25) is 0 Å². The molecule has 1 heterocycles. The average molecular weight is 358 g/mol. The molecule has 0 saturated heterocycles. The van der Waals surface area contributed by atoms with E-state index >= 15 is 0 Å². The van der Waals surface area contributed by atoms with Crippen molar-refractivity contribution < 1.29 is 22.4 Å². The molecule has 130 valence electrons. The normalized spacial score (nSPS) is 13.1. The predicted octanol–water partition coefficient (Wildman–Crippen LogP) is 3.92. The molecule has 0 unspecified atom stereocenters. The van der Waals surface area contributed by atoms with E-state index in [4.69, 9.17) is 4.42 Å². The van der Waals surface area contributed by atoms with E-state index in [1.807, 2.05) is 25.1 Å². The van der Waals surface area contributed by atoms with Gasteiger partial charge < -0.3 is 9.73 Å². The summed E-state index contributed by atoms with van der Waals surface area (Å²) in [4.78, 5) is 14.1. The molecular formula is C16H17F3N2O2S. The minimum absolute atomic E-state index is 0.0424. The number of hydrogen-bond donors (Lipinski definition) is 1. The molecule has 1 N–H and O–H groups in total. The van der Waals surface area contributed by atoms with Crippen LogP contribution in [0.25, 0.3) is 0 Å². The molecule has 0 spiro atoms. The number of benzene rings is 1. The number of carbonyl (C=O) groups is 1. The lowest BCUT2D eigenvalue weighted by Crippen LogP contribution is -2.34. The number of likely N-dealkylation sites (N-methyl/N-ethyl adjacent to an activating group) is 1. The monoisotopic (exact) mass is 358 g/mol. The highest BCUT2D eigenvalue weighted by molar-refractivity contribution is 8.00. The molecule has 0 aliphatic carbocycles. The Morgan fingerprint density at radius 2 is 1.92 bits per heavy atom. The lowest BCUT2D eigenvalue weighted by molar-refractivity contribution is -0.0328. The van der Waals surface area contributed by atoms with Crippen molar-refractivity contribution in [2.45, 2.75) is 16.4 Å². The van der Waals surface area contributed by atoms with Gasteiger partial charge in [0.05, 0.1) is 12.3 Å². The van der Waals surface area contributed by atoms with Gasteiger partial charge >= 0.3 is 5.51 Å². The molecule has 0 saturated carbocycles. The standard InChI is InChI=1S/C16H17F3N2O2S/c1-21(2)13(14-4-3-9-23-14)10-20-15(22)11-5-7-12(8-6-11)24-16(17,18)19/h3-9,13H,10H2,1-2H3,(H,20,22)/t13-/m0/s1. The fraction of sp³-hybridized carbons (Fsp3) is 0.312. The molecule has 8 heteroatoms. The molecule has 0 radical (unpaired) electrons. The quantitative estimate of drug-likeness (QED) is 0.795. The summed E-state index contributed by atoms with van der Waals surface area (Å²) >= 11 is -0.209. The van der Waals surface area contributed by atoms with E-state index in [1.54, 1.807) is 12.3 Å². The first-order valence-corrected chi connectivity index (χ1v) is 7.92. The number of hydrogen-bond acceptors (Lipinski definition) is 4. The van der Waals surface area contributed by atoms with Crippen LogP contribution in [0.4, 0.5) is 13.2 Å². The molecule has 24 heavy (non-hydrogen) atoms. The zero-order valence-corrected chi connectivity index (χ0v) is 13.9. The Labute approximate surface area is 142 Å². The number of amides is 1. The van der Waals surface area contributed by atoms with Gasteiger partial charge in [-0.1, -0.05) is 0 Å². The first kappa shape index (κ1) is 18.4. The van der Waals surface area contributed by atoms with Crippen molar-refractivity contribution in [3.63, 3.8) is 0 Å².